The monoisotopic (exact) mass is 250 g/mol. The molecule has 0 radical (unpaired) electrons. The maximum Gasteiger partial charge on any atom is 0.246 e. The lowest BCUT2D eigenvalue weighted by molar-refractivity contribution is -0.129. The Morgan fingerprint density at radius 3 is 2.31 bits per heavy atom. The summed E-state index contributed by atoms with van der Waals surface area (Å²) in [5, 5.41) is 5.29. The number of halogens is 1. The van der Waals surface area contributed by atoms with E-state index in [2.05, 4.69) is 15.4 Å². The van der Waals surface area contributed by atoms with Gasteiger partial charge in [0.25, 0.3) is 0 Å². The number of methoxy groups -OCH3 is 1. The summed E-state index contributed by atoms with van der Waals surface area (Å²) in [6.07, 6.45) is 0. The topological polar surface area (TPSA) is 67.4 Å². The van der Waals surface area contributed by atoms with E-state index >= 15 is 0 Å². The smallest absolute Gasteiger partial charge is 0.246 e. The molecule has 0 aromatic rings. The zero-order chi connectivity index (χ0) is 12.6. The fraction of sp³-hybridized carbons (Fsp3) is 0.800. The highest BCUT2D eigenvalue weighted by Gasteiger charge is 2.25. The zero-order valence-corrected chi connectivity index (χ0v) is 10.7. The van der Waals surface area contributed by atoms with E-state index in [4.69, 9.17) is 11.6 Å². The van der Waals surface area contributed by atoms with E-state index in [1.165, 1.54) is 7.11 Å². The molecule has 0 aromatic heterocycles. The standard InChI is InChI=1S/C10H19ClN2O3/c1-10(2,7-11)9(15)13-5-4-12-8(14)6-16-3/h4-7H2,1-3H3,(H,12,14)(H,13,15). The van der Waals surface area contributed by atoms with Crippen molar-refractivity contribution in [2.75, 3.05) is 32.7 Å². The number of alkyl halides is 1. The van der Waals surface area contributed by atoms with E-state index in [1.54, 1.807) is 13.8 Å². The van der Waals surface area contributed by atoms with Crippen LogP contribution in [0.1, 0.15) is 13.8 Å². The first-order valence-corrected chi connectivity index (χ1v) is 5.57. The van der Waals surface area contributed by atoms with Crippen molar-refractivity contribution in [3.05, 3.63) is 0 Å². The molecule has 0 spiro atoms. The van der Waals surface area contributed by atoms with Gasteiger partial charge in [-0.2, -0.15) is 0 Å². The molecule has 6 heteroatoms. The Balaban J connectivity index is 3.67. The van der Waals surface area contributed by atoms with E-state index < -0.39 is 5.41 Å². The molecule has 0 aliphatic heterocycles. The highest BCUT2D eigenvalue weighted by Crippen LogP contribution is 2.16. The van der Waals surface area contributed by atoms with Gasteiger partial charge in [-0.3, -0.25) is 9.59 Å². The van der Waals surface area contributed by atoms with Crippen molar-refractivity contribution in [1.82, 2.24) is 10.6 Å². The normalized spacial score (nSPS) is 11.0. The zero-order valence-electron chi connectivity index (χ0n) is 9.93. The van der Waals surface area contributed by atoms with Gasteiger partial charge >= 0.3 is 0 Å². The van der Waals surface area contributed by atoms with Gasteiger partial charge in [0.05, 0.1) is 5.41 Å². The summed E-state index contributed by atoms with van der Waals surface area (Å²) in [6, 6.07) is 0. The predicted molar refractivity (Wildman–Crippen MR) is 62.4 cm³/mol. The van der Waals surface area contributed by atoms with E-state index in [-0.39, 0.29) is 24.3 Å². The molecule has 0 fully saturated rings. The van der Waals surface area contributed by atoms with Gasteiger partial charge in [0.15, 0.2) is 0 Å². The van der Waals surface area contributed by atoms with Crippen molar-refractivity contribution in [1.29, 1.82) is 0 Å². The fourth-order valence-corrected chi connectivity index (χ4v) is 0.981. The van der Waals surface area contributed by atoms with Gasteiger partial charge in [0.1, 0.15) is 6.61 Å². The minimum Gasteiger partial charge on any atom is -0.375 e. The summed E-state index contributed by atoms with van der Waals surface area (Å²) in [5.41, 5.74) is -0.585. The van der Waals surface area contributed by atoms with Crippen LogP contribution in [0.3, 0.4) is 0 Å². The highest BCUT2D eigenvalue weighted by atomic mass is 35.5. The Labute approximate surface area is 101 Å². The van der Waals surface area contributed by atoms with Crippen molar-refractivity contribution in [3.8, 4) is 0 Å². The summed E-state index contributed by atoms with van der Waals surface area (Å²) in [4.78, 5) is 22.5. The molecule has 0 saturated heterocycles. The fourth-order valence-electron chi connectivity index (χ4n) is 0.860. The van der Waals surface area contributed by atoms with Crippen LogP contribution in [-0.4, -0.2) is 44.5 Å². The largest absolute Gasteiger partial charge is 0.375 e. The van der Waals surface area contributed by atoms with Crippen LogP contribution >= 0.6 is 11.6 Å². The van der Waals surface area contributed by atoms with Crippen LogP contribution < -0.4 is 10.6 Å². The number of ether oxygens (including phenoxy) is 1. The van der Waals surface area contributed by atoms with Gasteiger partial charge in [0, 0.05) is 26.1 Å². The molecule has 0 rings (SSSR count). The van der Waals surface area contributed by atoms with Gasteiger partial charge in [-0.15, -0.1) is 11.6 Å². The average Bonchev–Trinajstić information content (AvgIpc) is 2.24. The van der Waals surface area contributed by atoms with Gasteiger partial charge < -0.3 is 15.4 Å². The third kappa shape index (κ3) is 5.92. The first-order chi connectivity index (χ1) is 7.44. The number of amides is 2. The number of carbonyl (C=O) groups is 2. The molecule has 16 heavy (non-hydrogen) atoms. The van der Waals surface area contributed by atoms with Crippen molar-refractivity contribution in [2.24, 2.45) is 5.41 Å². The molecule has 94 valence electrons. The summed E-state index contributed by atoms with van der Waals surface area (Å²) in [6.45, 7) is 4.32. The van der Waals surface area contributed by atoms with E-state index in [9.17, 15) is 9.59 Å². The molecular formula is C10H19ClN2O3. The maximum absolute atomic E-state index is 11.5. The van der Waals surface area contributed by atoms with Crippen LogP contribution in [0.2, 0.25) is 0 Å². The number of hydrogen-bond donors (Lipinski definition) is 2. The number of rotatable bonds is 7. The molecule has 0 bridgehead atoms. The molecule has 0 aliphatic rings. The van der Waals surface area contributed by atoms with Crippen molar-refractivity contribution < 1.29 is 14.3 Å². The van der Waals surface area contributed by atoms with Gasteiger partial charge in [-0.05, 0) is 13.8 Å². The lowest BCUT2D eigenvalue weighted by Crippen LogP contribution is -2.42. The highest BCUT2D eigenvalue weighted by molar-refractivity contribution is 6.19. The summed E-state index contributed by atoms with van der Waals surface area (Å²) < 4.78 is 4.64. The molecule has 2 amide bonds. The number of nitrogens with one attached hydrogen (secondary N) is 2. The first-order valence-electron chi connectivity index (χ1n) is 5.04. The Hall–Kier alpha value is -0.810. The van der Waals surface area contributed by atoms with Crippen LogP contribution in [0.15, 0.2) is 0 Å². The van der Waals surface area contributed by atoms with Crippen molar-refractivity contribution in [2.45, 2.75) is 13.8 Å². The molecule has 0 aliphatic carbocycles. The third-order valence-corrected chi connectivity index (χ3v) is 2.63. The quantitative estimate of drug-likeness (QED) is 0.499. The molecule has 0 aromatic carbocycles. The Kier molecular flexibility index (Phi) is 7.08. The van der Waals surface area contributed by atoms with Crippen molar-refractivity contribution in [3.63, 3.8) is 0 Å². The molecule has 0 atom stereocenters. The maximum atomic E-state index is 11.5. The SMILES string of the molecule is COCC(=O)NCCNC(=O)C(C)(C)CCl. The van der Waals surface area contributed by atoms with Gasteiger partial charge in [0.2, 0.25) is 11.8 Å². The van der Waals surface area contributed by atoms with E-state index in [0.717, 1.165) is 0 Å². The first kappa shape index (κ1) is 15.2. The van der Waals surface area contributed by atoms with E-state index in [0.29, 0.717) is 13.1 Å². The second-order valence-corrected chi connectivity index (χ2v) is 4.32. The van der Waals surface area contributed by atoms with Crippen LogP contribution in [0.5, 0.6) is 0 Å². The minimum absolute atomic E-state index is 0.0289. The Bertz CT molecular complexity index is 244. The molecule has 2 N–H and O–H groups in total. The second-order valence-electron chi connectivity index (χ2n) is 4.06. The number of hydrogen-bond acceptors (Lipinski definition) is 3. The number of carbonyl (C=O) groups excluding carboxylic acids is 2. The lowest BCUT2D eigenvalue weighted by atomic mass is 9.95. The van der Waals surface area contributed by atoms with Crippen LogP contribution in [0, 0.1) is 5.41 Å². The van der Waals surface area contributed by atoms with Crippen molar-refractivity contribution >= 4 is 23.4 Å². The molecule has 0 saturated carbocycles. The Morgan fingerprint density at radius 1 is 1.25 bits per heavy atom. The van der Waals surface area contributed by atoms with Crippen LogP contribution in [-0.2, 0) is 14.3 Å². The average molecular weight is 251 g/mol. The van der Waals surface area contributed by atoms with Crippen LogP contribution in [0.4, 0.5) is 0 Å². The summed E-state index contributed by atoms with van der Waals surface area (Å²) >= 11 is 5.65. The molecular weight excluding hydrogens is 232 g/mol. The van der Waals surface area contributed by atoms with Gasteiger partial charge in [-0.25, -0.2) is 0 Å². The molecule has 0 unspecified atom stereocenters. The van der Waals surface area contributed by atoms with Gasteiger partial charge in [-0.1, -0.05) is 0 Å². The molecule has 5 nitrogen and oxygen atoms in total. The third-order valence-electron chi connectivity index (χ3n) is 1.96. The Morgan fingerprint density at radius 2 is 1.81 bits per heavy atom. The van der Waals surface area contributed by atoms with E-state index in [1.807, 2.05) is 0 Å². The van der Waals surface area contributed by atoms with Crippen LogP contribution in [0.25, 0.3) is 0 Å². The summed E-state index contributed by atoms with van der Waals surface area (Å²) in [7, 11) is 1.45. The minimum atomic E-state index is -0.585. The molecule has 0 heterocycles. The lowest BCUT2D eigenvalue weighted by Gasteiger charge is -2.20. The summed E-state index contributed by atoms with van der Waals surface area (Å²) in [5.74, 6) is -0.0636. The predicted octanol–water partition coefficient (Wildman–Crippen LogP) is 0.130. The second kappa shape index (κ2) is 7.46.